The van der Waals surface area contributed by atoms with Crippen LogP contribution in [0.3, 0.4) is 0 Å². The SMILES string of the molecule is CCC(O)(CCc1ccccc1)Cc1ccccc1. The first-order valence-corrected chi connectivity index (χ1v) is 7.02. The van der Waals surface area contributed by atoms with Crippen molar-refractivity contribution in [1.82, 2.24) is 0 Å². The molecule has 0 heterocycles. The van der Waals surface area contributed by atoms with Gasteiger partial charge < -0.3 is 5.11 Å². The van der Waals surface area contributed by atoms with Gasteiger partial charge >= 0.3 is 0 Å². The predicted octanol–water partition coefficient (Wildman–Crippen LogP) is 4.00. The lowest BCUT2D eigenvalue weighted by atomic mass is 9.86. The molecule has 1 nitrogen and oxygen atoms in total. The molecule has 2 rings (SSSR count). The van der Waals surface area contributed by atoms with Crippen LogP contribution in [0.2, 0.25) is 0 Å². The van der Waals surface area contributed by atoms with Crippen molar-refractivity contribution in [3.05, 3.63) is 71.8 Å². The average Bonchev–Trinajstić information content (AvgIpc) is 2.47. The molecule has 0 aliphatic heterocycles. The molecule has 0 aromatic heterocycles. The van der Waals surface area contributed by atoms with Crippen molar-refractivity contribution >= 4 is 0 Å². The molecule has 1 N–H and O–H groups in total. The number of aryl methyl sites for hydroxylation is 1. The molecular weight excluding hydrogens is 232 g/mol. The highest BCUT2D eigenvalue weighted by atomic mass is 16.3. The first-order valence-electron chi connectivity index (χ1n) is 7.02. The summed E-state index contributed by atoms with van der Waals surface area (Å²) >= 11 is 0. The maximum atomic E-state index is 10.7. The zero-order valence-corrected chi connectivity index (χ0v) is 11.5. The van der Waals surface area contributed by atoms with Gasteiger partial charge in [-0.15, -0.1) is 0 Å². The second-order valence-corrected chi connectivity index (χ2v) is 5.23. The first-order chi connectivity index (χ1) is 9.22. The molecule has 0 radical (unpaired) electrons. The molecule has 0 spiro atoms. The van der Waals surface area contributed by atoms with Crippen LogP contribution < -0.4 is 0 Å². The molecule has 1 heteroatoms. The van der Waals surface area contributed by atoms with Gasteiger partial charge in [-0.2, -0.15) is 0 Å². The van der Waals surface area contributed by atoms with E-state index in [-0.39, 0.29) is 0 Å². The molecular formula is C18H22O. The van der Waals surface area contributed by atoms with Gasteiger partial charge in [-0.3, -0.25) is 0 Å². The zero-order chi connectivity index (χ0) is 13.6. The summed E-state index contributed by atoms with van der Waals surface area (Å²) < 4.78 is 0. The van der Waals surface area contributed by atoms with E-state index >= 15 is 0 Å². The van der Waals surface area contributed by atoms with E-state index in [4.69, 9.17) is 0 Å². The summed E-state index contributed by atoms with van der Waals surface area (Å²) in [5.41, 5.74) is 1.90. The normalized spacial score (nSPS) is 14.0. The van der Waals surface area contributed by atoms with Gasteiger partial charge in [-0.25, -0.2) is 0 Å². The molecule has 0 saturated heterocycles. The number of rotatable bonds is 6. The zero-order valence-electron chi connectivity index (χ0n) is 11.5. The maximum Gasteiger partial charge on any atom is 0.0688 e. The molecule has 19 heavy (non-hydrogen) atoms. The third-order valence-electron chi connectivity index (χ3n) is 3.76. The van der Waals surface area contributed by atoms with Gasteiger partial charge in [0.25, 0.3) is 0 Å². The van der Waals surface area contributed by atoms with E-state index in [9.17, 15) is 5.11 Å². The molecule has 0 fully saturated rings. The molecule has 0 aliphatic rings. The lowest BCUT2D eigenvalue weighted by Gasteiger charge is -2.27. The second-order valence-electron chi connectivity index (χ2n) is 5.23. The van der Waals surface area contributed by atoms with Gasteiger partial charge in [-0.05, 0) is 30.4 Å². The smallest absolute Gasteiger partial charge is 0.0688 e. The molecule has 100 valence electrons. The number of hydrogen-bond acceptors (Lipinski definition) is 1. The molecule has 0 saturated carbocycles. The predicted molar refractivity (Wildman–Crippen MR) is 80.1 cm³/mol. The van der Waals surface area contributed by atoms with E-state index in [0.29, 0.717) is 0 Å². The third-order valence-corrected chi connectivity index (χ3v) is 3.76. The highest BCUT2D eigenvalue weighted by Crippen LogP contribution is 2.23. The third kappa shape index (κ3) is 4.22. The summed E-state index contributed by atoms with van der Waals surface area (Å²) in [6.07, 6.45) is 3.26. The maximum absolute atomic E-state index is 10.7. The highest BCUT2D eigenvalue weighted by Gasteiger charge is 2.24. The second kappa shape index (κ2) is 6.53. The van der Waals surface area contributed by atoms with E-state index in [1.165, 1.54) is 11.1 Å². The lowest BCUT2D eigenvalue weighted by molar-refractivity contribution is 0.0280. The highest BCUT2D eigenvalue weighted by molar-refractivity contribution is 5.18. The Morgan fingerprint density at radius 3 is 1.89 bits per heavy atom. The molecule has 0 aliphatic carbocycles. The first kappa shape index (κ1) is 13.8. The van der Waals surface area contributed by atoms with Gasteiger partial charge in [0.2, 0.25) is 0 Å². The summed E-state index contributed by atoms with van der Waals surface area (Å²) in [5, 5.41) is 10.7. The quantitative estimate of drug-likeness (QED) is 0.826. The summed E-state index contributed by atoms with van der Waals surface area (Å²) in [6.45, 7) is 2.06. The molecule has 1 unspecified atom stereocenters. The van der Waals surface area contributed by atoms with Crippen molar-refractivity contribution in [1.29, 1.82) is 0 Å². The van der Waals surface area contributed by atoms with Gasteiger partial charge in [0.05, 0.1) is 5.60 Å². The number of benzene rings is 2. The van der Waals surface area contributed by atoms with Crippen molar-refractivity contribution in [2.24, 2.45) is 0 Å². The molecule has 2 aromatic rings. The van der Waals surface area contributed by atoms with Gasteiger partial charge in [-0.1, -0.05) is 67.6 Å². The van der Waals surface area contributed by atoms with E-state index in [1.54, 1.807) is 0 Å². The minimum atomic E-state index is -0.600. The van der Waals surface area contributed by atoms with Gasteiger partial charge in [0, 0.05) is 6.42 Å². The van der Waals surface area contributed by atoms with E-state index in [2.05, 4.69) is 43.3 Å². The Hall–Kier alpha value is -1.60. The number of hydrogen-bond donors (Lipinski definition) is 1. The fourth-order valence-electron chi connectivity index (χ4n) is 2.39. The van der Waals surface area contributed by atoms with E-state index in [0.717, 1.165) is 25.7 Å². The summed E-state index contributed by atoms with van der Waals surface area (Å²) in [7, 11) is 0. The van der Waals surface area contributed by atoms with Crippen molar-refractivity contribution < 1.29 is 5.11 Å². The van der Waals surface area contributed by atoms with Crippen LogP contribution in [0.5, 0.6) is 0 Å². The van der Waals surface area contributed by atoms with Crippen LogP contribution in [0.1, 0.15) is 30.9 Å². The minimum absolute atomic E-state index is 0.600. The van der Waals surface area contributed by atoms with Crippen molar-refractivity contribution in [2.45, 2.75) is 38.2 Å². The topological polar surface area (TPSA) is 20.2 Å². The van der Waals surface area contributed by atoms with Crippen LogP contribution in [0, 0.1) is 0 Å². The summed E-state index contributed by atoms with van der Waals surface area (Å²) in [5.74, 6) is 0. The van der Waals surface area contributed by atoms with Gasteiger partial charge in [0.15, 0.2) is 0 Å². The van der Waals surface area contributed by atoms with Crippen LogP contribution >= 0.6 is 0 Å². The van der Waals surface area contributed by atoms with Crippen LogP contribution in [0.25, 0.3) is 0 Å². The van der Waals surface area contributed by atoms with Crippen LogP contribution in [0.4, 0.5) is 0 Å². The fourth-order valence-corrected chi connectivity index (χ4v) is 2.39. The fraction of sp³-hybridized carbons (Fsp3) is 0.333. The Balaban J connectivity index is 1.98. The molecule has 0 amide bonds. The largest absolute Gasteiger partial charge is 0.390 e. The molecule has 2 aromatic carbocycles. The summed E-state index contributed by atoms with van der Waals surface area (Å²) in [6, 6.07) is 20.6. The van der Waals surface area contributed by atoms with Crippen LogP contribution in [-0.4, -0.2) is 10.7 Å². The van der Waals surface area contributed by atoms with E-state index < -0.39 is 5.60 Å². The van der Waals surface area contributed by atoms with Gasteiger partial charge in [0.1, 0.15) is 0 Å². The monoisotopic (exact) mass is 254 g/mol. The Morgan fingerprint density at radius 1 is 0.842 bits per heavy atom. The van der Waals surface area contributed by atoms with Crippen molar-refractivity contribution in [2.75, 3.05) is 0 Å². The molecule has 1 atom stereocenters. The number of aliphatic hydroxyl groups is 1. The average molecular weight is 254 g/mol. The van der Waals surface area contributed by atoms with Crippen LogP contribution in [-0.2, 0) is 12.8 Å². The lowest BCUT2D eigenvalue weighted by Crippen LogP contribution is -2.31. The van der Waals surface area contributed by atoms with E-state index in [1.807, 2.05) is 24.3 Å². The standard InChI is InChI=1S/C18H22O/c1-2-18(19,15-17-11-7-4-8-12-17)14-13-16-9-5-3-6-10-16/h3-12,19H,2,13-15H2,1H3. The Morgan fingerprint density at radius 2 is 1.37 bits per heavy atom. The Kier molecular flexibility index (Phi) is 4.75. The Labute approximate surface area is 115 Å². The van der Waals surface area contributed by atoms with Crippen molar-refractivity contribution in [3.8, 4) is 0 Å². The van der Waals surface area contributed by atoms with Crippen molar-refractivity contribution in [3.63, 3.8) is 0 Å². The Bertz CT molecular complexity index is 478. The minimum Gasteiger partial charge on any atom is -0.390 e. The summed E-state index contributed by atoms with van der Waals surface area (Å²) in [4.78, 5) is 0. The van der Waals surface area contributed by atoms with Crippen LogP contribution in [0.15, 0.2) is 60.7 Å². The molecule has 0 bridgehead atoms.